The van der Waals surface area contributed by atoms with Crippen molar-refractivity contribution in [1.82, 2.24) is 5.32 Å². The van der Waals surface area contributed by atoms with Gasteiger partial charge in [0.05, 0.1) is 12.0 Å². The number of carbonyl (C=O) groups is 6. The van der Waals surface area contributed by atoms with Crippen molar-refractivity contribution in [2.45, 2.75) is 77.7 Å². The van der Waals surface area contributed by atoms with E-state index in [1.165, 1.54) is 49.4 Å². The van der Waals surface area contributed by atoms with Crippen molar-refractivity contribution < 1.29 is 48.1 Å². The van der Waals surface area contributed by atoms with Gasteiger partial charge in [0.15, 0.2) is 0 Å². The second kappa shape index (κ2) is 25.8. The van der Waals surface area contributed by atoms with Crippen molar-refractivity contribution in [3.8, 4) is 11.5 Å². The van der Waals surface area contributed by atoms with E-state index in [0.29, 0.717) is 6.42 Å². The molecule has 0 bridgehead atoms. The number of rotatable bonds is 22. The van der Waals surface area contributed by atoms with E-state index in [-0.39, 0.29) is 35.5 Å². The molecule has 0 saturated carbocycles. The lowest BCUT2D eigenvalue weighted by Gasteiger charge is -2.17. The number of aliphatic carboxylic acids is 1. The molecular formula is C42H47NO10. The predicted molar refractivity (Wildman–Crippen MR) is 201 cm³/mol. The fourth-order valence-corrected chi connectivity index (χ4v) is 4.46. The Morgan fingerprint density at radius 1 is 0.660 bits per heavy atom. The SMILES string of the molecule is CC/C=C\C/C=C\C/C=C\C/C=C\C/C=C\C/C=C\CC(=O)OC(=O)C(CCC(=O)O)NC(=O)c1ccccc1OC(=O)c1ccccc1OC(C)=O. The van der Waals surface area contributed by atoms with Crippen molar-refractivity contribution in [2.75, 3.05) is 0 Å². The Labute approximate surface area is 310 Å². The molecule has 0 aromatic heterocycles. The first-order valence-electron chi connectivity index (χ1n) is 17.4. The molecule has 2 N–H and O–H groups in total. The zero-order valence-electron chi connectivity index (χ0n) is 30.1. The molecule has 2 aromatic rings. The van der Waals surface area contributed by atoms with Crippen LogP contribution in [0.5, 0.6) is 11.5 Å². The molecule has 0 fully saturated rings. The number of carboxylic acid groups (broad SMARTS) is 1. The molecule has 11 nitrogen and oxygen atoms in total. The number of ether oxygens (including phenoxy) is 3. The van der Waals surface area contributed by atoms with Gasteiger partial charge in [-0.25, -0.2) is 9.59 Å². The first-order valence-corrected chi connectivity index (χ1v) is 17.4. The molecule has 2 rings (SSSR count). The van der Waals surface area contributed by atoms with E-state index < -0.39 is 48.2 Å². The minimum atomic E-state index is -1.50. The predicted octanol–water partition coefficient (Wildman–Crippen LogP) is 7.95. The van der Waals surface area contributed by atoms with Crippen LogP contribution >= 0.6 is 0 Å². The third-order valence-corrected chi connectivity index (χ3v) is 7.03. The van der Waals surface area contributed by atoms with E-state index in [1.54, 1.807) is 18.2 Å². The summed E-state index contributed by atoms with van der Waals surface area (Å²) in [4.78, 5) is 74.2. The number of hydrogen-bond acceptors (Lipinski definition) is 9. The van der Waals surface area contributed by atoms with Crippen molar-refractivity contribution in [3.05, 3.63) is 133 Å². The Morgan fingerprint density at radius 3 is 1.64 bits per heavy atom. The van der Waals surface area contributed by atoms with Gasteiger partial charge in [0, 0.05) is 13.3 Å². The number of amides is 1. The van der Waals surface area contributed by atoms with Gasteiger partial charge in [-0.1, -0.05) is 104 Å². The van der Waals surface area contributed by atoms with Gasteiger partial charge in [-0.05, 0) is 69.2 Å². The zero-order valence-corrected chi connectivity index (χ0v) is 30.1. The highest BCUT2D eigenvalue weighted by molar-refractivity contribution is 6.02. The van der Waals surface area contributed by atoms with E-state index in [1.807, 2.05) is 12.2 Å². The third-order valence-electron chi connectivity index (χ3n) is 7.03. The first-order chi connectivity index (χ1) is 25.6. The second-order valence-electron chi connectivity index (χ2n) is 11.3. The molecule has 1 unspecified atom stereocenters. The van der Waals surface area contributed by atoms with Gasteiger partial charge in [-0.2, -0.15) is 0 Å². The summed E-state index contributed by atoms with van der Waals surface area (Å²) in [5.41, 5.74) is -0.241. The Bertz CT molecular complexity index is 1710. The van der Waals surface area contributed by atoms with Gasteiger partial charge in [0.2, 0.25) is 0 Å². The first kappa shape index (κ1) is 43.1. The largest absolute Gasteiger partial charge is 0.481 e. The maximum Gasteiger partial charge on any atom is 0.347 e. The summed E-state index contributed by atoms with van der Waals surface area (Å²) in [7, 11) is 0. The van der Waals surface area contributed by atoms with Gasteiger partial charge >= 0.3 is 29.8 Å². The lowest BCUT2D eigenvalue weighted by Crippen LogP contribution is -2.43. The monoisotopic (exact) mass is 725 g/mol. The van der Waals surface area contributed by atoms with E-state index in [9.17, 15) is 33.9 Å². The van der Waals surface area contributed by atoms with Crippen molar-refractivity contribution in [3.63, 3.8) is 0 Å². The van der Waals surface area contributed by atoms with Crippen LogP contribution in [0.2, 0.25) is 0 Å². The highest BCUT2D eigenvalue weighted by atomic mass is 16.6. The summed E-state index contributed by atoms with van der Waals surface area (Å²) in [6.45, 7) is 3.29. The molecular weight excluding hydrogens is 678 g/mol. The van der Waals surface area contributed by atoms with E-state index >= 15 is 0 Å². The van der Waals surface area contributed by atoms with Gasteiger partial charge in [0.25, 0.3) is 5.91 Å². The van der Waals surface area contributed by atoms with Crippen LogP contribution in [0, 0.1) is 0 Å². The van der Waals surface area contributed by atoms with Gasteiger partial charge in [-0.15, -0.1) is 0 Å². The van der Waals surface area contributed by atoms with Gasteiger partial charge in [0.1, 0.15) is 23.1 Å². The lowest BCUT2D eigenvalue weighted by molar-refractivity contribution is -0.160. The molecule has 53 heavy (non-hydrogen) atoms. The van der Waals surface area contributed by atoms with Crippen molar-refractivity contribution in [2.24, 2.45) is 0 Å². The van der Waals surface area contributed by atoms with E-state index in [4.69, 9.17) is 14.2 Å². The van der Waals surface area contributed by atoms with Gasteiger partial charge < -0.3 is 24.6 Å². The van der Waals surface area contributed by atoms with E-state index in [2.05, 4.69) is 60.8 Å². The van der Waals surface area contributed by atoms with E-state index in [0.717, 1.165) is 32.1 Å². The normalized spacial score (nSPS) is 12.3. The molecule has 0 aliphatic carbocycles. The Hall–Kier alpha value is -6.10. The smallest absolute Gasteiger partial charge is 0.347 e. The molecule has 0 aliphatic heterocycles. The molecule has 0 aliphatic rings. The summed E-state index contributed by atoms with van der Waals surface area (Å²) in [5.74, 6) is -5.96. The number of allylic oxidation sites excluding steroid dienone is 11. The van der Waals surface area contributed by atoms with Crippen LogP contribution < -0.4 is 14.8 Å². The summed E-state index contributed by atoms with van der Waals surface area (Å²) in [6.07, 6.45) is 28.3. The molecule has 1 atom stereocenters. The van der Waals surface area contributed by atoms with Crippen LogP contribution in [-0.2, 0) is 23.9 Å². The Morgan fingerprint density at radius 2 is 1.13 bits per heavy atom. The number of carboxylic acids is 1. The Balaban J connectivity index is 1.87. The molecule has 280 valence electrons. The minimum Gasteiger partial charge on any atom is -0.481 e. The third kappa shape index (κ3) is 18.6. The van der Waals surface area contributed by atoms with Crippen LogP contribution in [-0.4, -0.2) is 46.9 Å². The van der Waals surface area contributed by atoms with Gasteiger partial charge in [-0.3, -0.25) is 19.2 Å². The zero-order chi connectivity index (χ0) is 38.7. The molecule has 0 radical (unpaired) electrons. The maximum atomic E-state index is 13.3. The molecule has 0 heterocycles. The number of esters is 4. The van der Waals surface area contributed by atoms with Crippen molar-refractivity contribution in [1.29, 1.82) is 0 Å². The standard InChI is InChI=1S/C42H47NO10/c1-3-4-5-6-7-8-9-10-11-12-13-14-15-16-17-18-19-20-29-39(47)53-42(50)35(30-31-38(45)46)43-40(48)33-25-21-23-27-36(33)52-41(49)34-26-22-24-28-37(34)51-32(2)44/h4-5,7-8,10-11,13-14,16-17,19-28,35H,3,6,9,12,15,18,29-31H2,1-2H3,(H,43,48)(H,45,46)/b5-4-,8-7-,11-10-,14-13-,17-16-,20-19-. The second-order valence-corrected chi connectivity index (χ2v) is 11.3. The molecule has 0 spiro atoms. The maximum absolute atomic E-state index is 13.3. The summed E-state index contributed by atoms with van der Waals surface area (Å²) in [6, 6.07) is 10.0. The molecule has 11 heteroatoms. The topological polar surface area (TPSA) is 162 Å². The van der Waals surface area contributed by atoms with Crippen LogP contribution in [0.15, 0.2) is 121 Å². The number of hydrogen-bond donors (Lipinski definition) is 2. The number of benzene rings is 2. The summed E-state index contributed by atoms with van der Waals surface area (Å²) in [5, 5.41) is 11.6. The van der Waals surface area contributed by atoms with Crippen LogP contribution in [0.25, 0.3) is 0 Å². The fourth-order valence-electron chi connectivity index (χ4n) is 4.46. The minimum absolute atomic E-state index is 0.0444. The summed E-state index contributed by atoms with van der Waals surface area (Å²) < 4.78 is 15.4. The summed E-state index contributed by atoms with van der Waals surface area (Å²) >= 11 is 0. The number of para-hydroxylation sites is 2. The average Bonchev–Trinajstić information content (AvgIpc) is 3.12. The molecule has 1 amide bonds. The Kier molecular flexibility index (Phi) is 21.0. The van der Waals surface area contributed by atoms with Crippen LogP contribution in [0.3, 0.4) is 0 Å². The highest BCUT2D eigenvalue weighted by Gasteiger charge is 2.27. The highest BCUT2D eigenvalue weighted by Crippen LogP contribution is 2.24. The molecule has 0 saturated heterocycles. The quantitative estimate of drug-likeness (QED) is 0.0527. The fraction of sp³-hybridized carbons (Fsp3) is 0.286. The lowest BCUT2D eigenvalue weighted by atomic mass is 10.1. The van der Waals surface area contributed by atoms with Crippen LogP contribution in [0.1, 0.15) is 92.4 Å². The molecule has 2 aromatic carbocycles. The average molecular weight is 726 g/mol. The van der Waals surface area contributed by atoms with Crippen molar-refractivity contribution >= 4 is 35.8 Å². The number of carbonyl (C=O) groups excluding carboxylic acids is 5. The van der Waals surface area contributed by atoms with Crippen LogP contribution in [0.4, 0.5) is 0 Å². The number of nitrogens with one attached hydrogen (secondary N) is 1.